The normalized spacial score (nSPS) is 18.2. The number of alkyl halides is 3. The molecule has 1 atom stereocenters. The highest BCUT2D eigenvalue weighted by Gasteiger charge is 2.34. The molecule has 1 amide bonds. The van der Waals surface area contributed by atoms with Crippen LogP contribution in [0.1, 0.15) is 78.4 Å². The van der Waals surface area contributed by atoms with Crippen molar-refractivity contribution >= 4 is 34.6 Å². The maximum Gasteiger partial charge on any atom is 0.418 e. The van der Waals surface area contributed by atoms with Crippen LogP contribution < -0.4 is 10.5 Å². The smallest absolute Gasteiger partial charge is 0.418 e. The number of carboxylic acid groups (broad SMARTS) is 1. The fourth-order valence-corrected chi connectivity index (χ4v) is 5.02. The second-order valence-electron chi connectivity index (χ2n) is 10.2. The van der Waals surface area contributed by atoms with Gasteiger partial charge in [-0.25, -0.2) is 9.37 Å². The first-order valence-electron chi connectivity index (χ1n) is 13.2. The summed E-state index contributed by atoms with van der Waals surface area (Å²) in [5.41, 5.74) is 6.02. The number of likely N-dealkylation sites (tertiary alicyclic amines) is 1. The number of rotatable bonds is 7. The van der Waals surface area contributed by atoms with E-state index in [-0.39, 0.29) is 22.8 Å². The minimum Gasteiger partial charge on any atom is -0.772 e. The molecule has 2 aliphatic carbocycles. The molecule has 0 bridgehead atoms. The Hall–Kier alpha value is -2.81. The van der Waals surface area contributed by atoms with Gasteiger partial charge >= 0.3 is 6.18 Å². The zero-order valence-electron chi connectivity index (χ0n) is 22.7. The average molecular weight is 637 g/mol. The number of primary amides is 1. The van der Waals surface area contributed by atoms with E-state index in [9.17, 15) is 31.1 Å². The largest absolute Gasteiger partial charge is 0.772 e. The summed E-state index contributed by atoms with van der Waals surface area (Å²) in [6.07, 6.45) is 1.03. The lowest BCUT2D eigenvalue weighted by molar-refractivity contribution is -0.138. The Labute approximate surface area is 247 Å². The summed E-state index contributed by atoms with van der Waals surface area (Å²) in [6.45, 7) is 2.87. The third-order valence-electron chi connectivity index (χ3n) is 6.66. The number of carbonyl (C=O) groups excluding carboxylic acids is 1. The van der Waals surface area contributed by atoms with Gasteiger partial charge < -0.3 is 20.1 Å². The van der Waals surface area contributed by atoms with Gasteiger partial charge in [0.25, 0.3) is 11.9 Å². The molecule has 2 heterocycles. The number of carboxylic acids is 1. The monoisotopic (exact) mass is 636 g/mol. The third-order valence-corrected chi connectivity index (χ3v) is 7.98. The molecular formula is C27H31ClF4N3O6S-. The van der Waals surface area contributed by atoms with E-state index in [1.807, 2.05) is 0 Å². The fourth-order valence-electron chi connectivity index (χ4n) is 4.29. The fraction of sp³-hybridized carbons (Fsp3) is 0.519. The molecule has 1 aliphatic heterocycles. The van der Waals surface area contributed by atoms with Crippen LogP contribution in [0.25, 0.3) is 0 Å². The average Bonchev–Trinajstić information content (AvgIpc) is 3.79. The van der Waals surface area contributed by atoms with Crippen molar-refractivity contribution in [1.29, 1.82) is 0 Å². The summed E-state index contributed by atoms with van der Waals surface area (Å²) in [6, 6.07) is 3.79. The predicted molar refractivity (Wildman–Crippen MR) is 145 cm³/mol. The minimum absolute atomic E-state index is 0.0185. The summed E-state index contributed by atoms with van der Waals surface area (Å²) >= 11 is 3.84. The maximum atomic E-state index is 14.3. The Morgan fingerprint density at radius 1 is 1.17 bits per heavy atom. The van der Waals surface area contributed by atoms with Crippen LogP contribution in [-0.2, 0) is 28.6 Å². The Bertz CT molecular complexity index is 1300. The van der Waals surface area contributed by atoms with Crippen LogP contribution in [0, 0.1) is 5.82 Å². The number of halogens is 5. The van der Waals surface area contributed by atoms with Crippen LogP contribution >= 0.6 is 11.6 Å². The van der Waals surface area contributed by atoms with Gasteiger partial charge in [0.2, 0.25) is 5.88 Å². The molecule has 1 aromatic carbocycles. The van der Waals surface area contributed by atoms with Crippen LogP contribution in [0.15, 0.2) is 24.4 Å². The van der Waals surface area contributed by atoms with Crippen molar-refractivity contribution in [1.82, 2.24) is 9.88 Å². The number of benzene rings is 1. The molecule has 2 aromatic rings. The van der Waals surface area contributed by atoms with Crippen LogP contribution in [0.5, 0.6) is 5.88 Å². The highest BCUT2D eigenvalue weighted by Crippen LogP contribution is 2.43. The van der Waals surface area contributed by atoms with Crippen molar-refractivity contribution in [2.45, 2.75) is 75.4 Å². The molecule has 1 aromatic heterocycles. The molecule has 5 rings (SSSR count). The van der Waals surface area contributed by atoms with E-state index in [0.29, 0.717) is 38.4 Å². The van der Waals surface area contributed by atoms with E-state index in [1.54, 1.807) is 6.07 Å². The van der Waals surface area contributed by atoms with Gasteiger partial charge in [-0.1, -0.05) is 22.7 Å². The van der Waals surface area contributed by atoms with E-state index in [1.165, 1.54) is 6.07 Å². The molecule has 3 fully saturated rings. The summed E-state index contributed by atoms with van der Waals surface area (Å²) in [4.78, 5) is 26.5. The Kier molecular flexibility index (Phi) is 11.7. The Balaban J connectivity index is 0.000000412. The lowest BCUT2D eigenvalue weighted by Gasteiger charge is -2.32. The zero-order valence-corrected chi connectivity index (χ0v) is 24.2. The predicted octanol–water partition coefficient (Wildman–Crippen LogP) is 5.03. The first-order chi connectivity index (χ1) is 19.6. The van der Waals surface area contributed by atoms with E-state index in [2.05, 4.69) is 9.88 Å². The highest BCUT2D eigenvalue weighted by atomic mass is 35.5. The van der Waals surface area contributed by atoms with Gasteiger partial charge in [0.1, 0.15) is 11.9 Å². The molecular weight excluding hydrogens is 606 g/mol. The van der Waals surface area contributed by atoms with Gasteiger partial charge in [-0.15, -0.1) is 0 Å². The molecule has 232 valence electrons. The number of amides is 1. The molecule has 15 heteroatoms. The number of hydrogen-bond donors (Lipinski definition) is 2. The van der Waals surface area contributed by atoms with E-state index < -0.39 is 45.5 Å². The number of ether oxygens (including phenoxy) is 1. The zero-order chi connectivity index (χ0) is 31.2. The summed E-state index contributed by atoms with van der Waals surface area (Å²) in [7, 11) is 0. The summed E-state index contributed by atoms with van der Waals surface area (Å²) < 4.78 is 78.6. The van der Waals surface area contributed by atoms with Crippen LogP contribution in [-0.4, -0.2) is 60.1 Å². The van der Waals surface area contributed by atoms with Crippen LogP contribution in [0.2, 0.25) is 5.02 Å². The van der Waals surface area contributed by atoms with Crippen molar-refractivity contribution < 1.29 is 45.8 Å². The standard InChI is InChI=1S/C22H22ClF4N3O2.C3H6O2S.C2H4O2/c23-18-10-29-20(9-17(18)22(25,26)27)32-14-3-5-30(6-4-14)11-13-7-19(24)16(21(28)31)8-15(13)12-1-2-12;4-6(5)3-1-2-3;1-2(3)4/h7-10,12,14H,1-6,11H2,(H2,28,31);3H,1-2H2,(H,4,5);1H3,(H,3,4)/p-1. The number of hydrogen-bond acceptors (Lipinski definition) is 7. The van der Waals surface area contributed by atoms with Gasteiger partial charge in [0.05, 0.1) is 22.3 Å². The Morgan fingerprint density at radius 3 is 2.21 bits per heavy atom. The number of carbonyl (C=O) groups is 2. The quantitative estimate of drug-likeness (QED) is 0.318. The molecule has 42 heavy (non-hydrogen) atoms. The molecule has 3 aliphatic rings. The summed E-state index contributed by atoms with van der Waals surface area (Å²) in [5.74, 6) is -2.02. The lowest BCUT2D eigenvalue weighted by atomic mass is 9.97. The van der Waals surface area contributed by atoms with Crippen molar-refractivity contribution in [3.05, 3.63) is 57.5 Å². The molecule has 0 spiro atoms. The molecule has 1 unspecified atom stereocenters. The lowest BCUT2D eigenvalue weighted by Crippen LogP contribution is -2.38. The second-order valence-corrected chi connectivity index (χ2v) is 11.8. The number of nitrogens with zero attached hydrogens (tertiary/aromatic N) is 2. The number of pyridine rings is 1. The molecule has 0 radical (unpaired) electrons. The molecule has 3 N–H and O–H groups in total. The Morgan fingerprint density at radius 2 is 1.76 bits per heavy atom. The highest BCUT2D eigenvalue weighted by molar-refractivity contribution is 7.80. The van der Waals surface area contributed by atoms with Gasteiger partial charge in [-0.05, 0) is 67.7 Å². The van der Waals surface area contributed by atoms with Crippen LogP contribution in [0.3, 0.4) is 0 Å². The van der Waals surface area contributed by atoms with Crippen molar-refractivity contribution in [3.8, 4) is 5.88 Å². The molecule has 1 saturated heterocycles. The SMILES string of the molecule is CC(=O)O.NC(=O)c1cc(C2CC2)c(CN2CCC(Oc3cc(C(F)(F)F)c(Cl)cn3)CC2)cc1F.O=S([O-])C1CC1. The van der Waals surface area contributed by atoms with Crippen molar-refractivity contribution in [2.24, 2.45) is 5.73 Å². The van der Waals surface area contributed by atoms with E-state index >= 15 is 0 Å². The molecule has 9 nitrogen and oxygen atoms in total. The van der Waals surface area contributed by atoms with Crippen molar-refractivity contribution in [3.63, 3.8) is 0 Å². The van der Waals surface area contributed by atoms with Gasteiger partial charge in [-0.3, -0.25) is 18.7 Å². The van der Waals surface area contributed by atoms with E-state index in [0.717, 1.165) is 56.0 Å². The first-order valence-corrected chi connectivity index (χ1v) is 14.7. The van der Waals surface area contributed by atoms with Gasteiger partial charge in [-0.2, -0.15) is 13.2 Å². The first kappa shape index (κ1) is 33.7. The van der Waals surface area contributed by atoms with E-state index in [4.69, 9.17) is 32.0 Å². The minimum atomic E-state index is -4.58. The number of aromatic nitrogens is 1. The number of aliphatic carboxylic acids is 1. The third kappa shape index (κ3) is 10.5. The number of nitrogens with two attached hydrogens (primary N) is 1. The topological polar surface area (TPSA) is 146 Å². The van der Waals surface area contributed by atoms with Gasteiger partial charge in [0.15, 0.2) is 0 Å². The second kappa shape index (κ2) is 14.6. The van der Waals surface area contributed by atoms with Crippen molar-refractivity contribution in [2.75, 3.05) is 13.1 Å². The molecule has 2 saturated carbocycles. The summed E-state index contributed by atoms with van der Waals surface area (Å²) in [5, 5.41) is 6.96. The van der Waals surface area contributed by atoms with Gasteiger partial charge in [0, 0.05) is 37.9 Å². The maximum absolute atomic E-state index is 14.3. The van der Waals surface area contributed by atoms with Crippen LogP contribution in [0.4, 0.5) is 17.6 Å². The number of piperidine rings is 1.